The first-order valence-electron chi connectivity index (χ1n) is 8.06. The summed E-state index contributed by atoms with van der Waals surface area (Å²) < 4.78 is 21.0. The van der Waals surface area contributed by atoms with Gasteiger partial charge in [0.25, 0.3) is 0 Å². The summed E-state index contributed by atoms with van der Waals surface area (Å²) in [4.78, 5) is 0. The van der Waals surface area contributed by atoms with Crippen LogP contribution in [0, 0.1) is 17.1 Å². The maximum atomic E-state index is 13.2. The Morgan fingerprint density at radius 1 is 1.17 bits per heavy atom. The van der Waals surface area contributed by atoms with Gasteiger partial charge in [-0.05, 0) is 61.7 Å². The lowest BCUT2D eigenvalue weighted by Gasteiger charge is -2.23. The Morgan fingerprint density at radius 2 is 2.00 bits per heavy atom. The highest BCUT2D eigenvalue weighted by atomic mass is 19.1. The van der Waals surface area contributed by atoms with Crippen LogP contribution < -0.4 is 0 Å². The van der Waals surface area contributed by atoms with Crippen LogP contribution in [0.15, 0.2) is 42.5 Å². The molecule has 2 heterocycles. The van der Waals surface area contributed by atoms with Gasteiger partial charge in [0.05, 0.1) is 17.1 Å². The standard InChI is InChI=1S/C19H16FN3O/c20-15-7-5-14(6-8-15)19-16-11-13(12-21)4-9-17(16)23(22-19)18-3-1-2-10-24-18/h4-9,11,18H,1-3,10H2. The quantitative estimate of drug-likeness (QED) is 0.702. The molecule has 0 radical (unpaired) electrons. The highest BCUT2D eigenvalue weighted by Crippen LogP contribution is 2.33. The van der Waals surface area contributed by atoms with Crippen LogP contribution in [-0.4, -0.2) is 16.4 Å². The van der Waals surface area contributed by atoms with Crippen molar-refractivity contribution in [3.8, 4) is 17.3 Å². The molecule has 5 heteroatoms. The lowest BCUT2D eigenvalue weighted by atomic mass is 10.1. The molecule has 0 bridgehead atoms. The topological polar surface area (TPSA) is 50.8 Å². The summed E-state index contributed by atoms with van der Waals surface area (Å²) >= 11 is 0. The highest BCUT2D eigenvalue weighted by Gasteiger charge is 2.21. The fraction of sp³-hybridized carbons (Fsp3) is 0.263. The zero-order valence-corrected chi connectivity index (χ0v) is 13.1. The van der Waals surface area contributed by atoms with E-state index < -0.39 is 0 Å². The number of rotatable bonds is 2. The third-order valence-corrected chi connectivity index (χ3v) is 4.38. The van der Waals surface area contributed by atoms with Crippen molar-refractivity contribution in [3.63, 3.8) is 0 Å². The van der Waals surface area contributed by atoms with Crippen molar-refractivity contribution in [1.82, 2.24) is 9.78 Å². The molecule has 0 spiro atoms. The van der Waals surface area contributed by atoms with Crippen molar-refractivity contribution in [2.45, 2.75) is 25.5 Å². The summed E-state index contributed by atoms with van der Waals surface area (Å²) in [6.07, 6.45) is 3.00. The van der Waals surface area contributed by atoms with Crippen LogP contribution in [0.5, 0.6) is 0 Å². The number of nitrogens with zero attached hydrogens (tertiary/aromatic N) is 3. The van der Waals surface area contributed by atoms with E-state index >= 15 is 0 Å². The van der Waals surface area contributed by atoms with Crippen molar-refractivity contribution >= 4 is 10.9 Å². The van der Waals surface area contributed by atoms with E-state index in [-0.39, 0.29) is 12.0 Å². The molecule has 0 saturated carbocycles. The molecule has 3 aromatic rings. The molecule has 120 valence electrons. The molecular formula is C19H16FN3O. The largest absolute Gasteiger partial charge is 0.356 e. The molecule has 1 atom stereocenters. The molecule has 1 saturated heterocycles. The molecule has 1 aliphatic rings. The predicted molar refractivity (Wildman–Crippen MR) is 88.7 cm³/mol. The Hall–Kier alpha value is -2.71. The molecule has 24 heavy (non-hydrogen) atoms. The number of ether oxygens (including phenoxy) is 1. The van der Waals surface area contributed by atoms with Gasteiger partial charge in [-0.15, -0.1) is 0 Å². The average molecular weight is 321 g/mol. The number of nitriles is 1. The first-order valence-corrected chi connectivity index (χ1v) is 8.06. The van der Waals surface area contributed by atoms with Crippen LogP contribution >= 0.6 is 0 Å². The van der Waals surface area contributed by atoms with Gasteiger partial charge in [-0.1, -0.05) is 0 Å². The van der Waals surface area contributed by atoms with Crippen LogP contribution in [0.3, 0.4) is 0 Å². The third-order valence-electron chi connectivity index (χ3n) is 4.38. The number of benzene rings is 2. The van der Waals surface area contributed by atoms with E-state index in [2.05, 4.69) is 6.07 Å². The van der Waals surface area contributed by atoms with Gasteiger partial charge in [-0.2, -0.15) is 10.4 Å². The van der Waals surface area contributed by atoms with Gasteiger partial charge in [0.2, 0.25) is 0 Å². The Bertz CT molecular complexity index is 918. The van der Waals surface area contributed by atoms with Gasteiger partial charge in [-0.25, -0.2) is 9.07 Å². The molecule has 0 N–H and O–H groups in total. The maximum absolute atomic E-state index is 13.2. The summed E-state index contributed by atoms with van der Waals surface area (Å²) in [5.41, 5.74) is 3.08. The predicted octanol–water partition coefficient (Wildman–Crippen LogP) is 4.41. The van der Waals surface area contributed by atoms with E-state index in [1.807, 2.05) is 16.8 Å². The van der Waals surface area contributed by atoms with E-state index in [0.29, 0.717) is 5.56 Å². The van der Waals surface area contributed by atoms with Crippen molar-refractivity contribution in [2.24, 2.45) is 0 Å². The molecule has 2 aromatic carbocycles. The number of fused-ring (bicyclic) bond motifs is 1. The molecule has 4 rings (SSSR count). The fourth-order valence-corrected chi connectivity index (χ4v) is 3.17. The lowest BCUT2D eigenvalue weighted by molar-refractivity contribution is -0.0365. The number of aromatic nitrogens is 2. The normalized spacial score (nSPS) is 17.8. The third kappa shape index (κ3) is 2.55. The van der Waals surface area contributed by atoms with Crippen LogP contribution in [0.25, 0.3) is 22.2 Å². The van der Waals surface area contributed by atoms with Gasteiger partial charge in [0.15, 0.2) is 6.23 Å². The van der Waals surface area contributed by atoms with Gasteiger partial charge in [-0.3, -0.25) is 0 Å². The molecule has 0 amide bonds. The van der Waals surface area contributed by atoms with E-state index in [0.717, 1.165) is 48.0 Å². The first kappa shape index (κ1) is 14.9. The molecule has 4 nitrogen and oxygen atoms in total. The van der Waals surface area contributed by atoms with Gasteiger partial charge in [0, 0.05) is 17.6 Å². The highest BCUT2D eigenvalue weighted by molar-refractivity contribution is 5.94. The van der Waals surface area contributed by atoms with E-state index in [1.165, 1.54) is 12.1 Å². The summed E-state index contributed by atoms with van der Waals surface area (Å²) in [5, 5.41) is 14.8. The Labute approximate surface area is 139 Å². The average Bonchev–Trinajstić information content (AvgIpc) is 3.02. The summed E-state index contributed by atoms with van der Waals surface area (Å²) in [7, 11) is 0. The fourth-order valence-electron chi connectivity index (χ4n) is 3.17. The van der Waals surface area contributed by atoms with Crippen molar-refractivity contribution < 1.29 is 9.13 Å². The molecule has 1 aromatic heterocycles. The molecule has 1 aliphatic heterocycles. The van der Waals surface area contributed by atoms with E-state index in [9.17, 15) is 9.65 Å². The minimum atomic E-state index is -0.282. The summed E-state index contributed by atoms with van der Waals surface area (Å²) in [6.45, 7) is 0.730. The maximum Gasteiger partial charge on any atom is 0.150 e. The molecule has 1 fully saturated rings. The van der Waals surface area contributed by atoms with Crippen LogP contribution in [0.4, 0.5) is 4.39 Å². The SMILES string of the molecule is N#Cc1ccc2c(c1)c(-c1ccc(F)cc1)nn2C1CCCCO1. The second-order valence-corrected chi connectivity index (χ2v) is 5.97. The first-order chi connectivity index (χ1) is 11.8. The van der Waals surface area contributed by atoms with Crippen LogP contribution in [0.2, 0.25) is 0 Å². The summed E-state index contributed by atoms with van der Waals surface area (Å²) in [6, 6.07) is 14.0. The number of halogens is 1. The smallest absolute Gasteiger partial charge is 0.150 e. The van der Waals surface area contributed by atoms with Crippen molar-refractivity contribution in [2.75, 3.05) is 6.61 Å². The molecular weight excluding hydrogens is 305 g/mol. The monoisotopic (exact) mass is 321 g/mol. The van der Waals surface area contributed by atoms with Crippen molar-refractivity contribution in [1.29, 1.82) is 5.26 Å². The van der Waals surface area contributed by atoms with Gasteiger partial charge >= 0.3 is 0 Å². The Balaban J connectivity index is 1.91. The Kier molecular flexibility index (Phi) is 3.75. The summed E-state index contributed by atoms with van der Waals surface area (Å²) in [5.74, 6) is -0.282. The zero-order valence-electron chi connectivity index (χ0n) is 13.1. The molecule has 0 aliphatic carbocycles. The van der Waals surface area contributed by atoms with Crippen molar-refractivity contribution in [3.05, 3.63) is 53.8 Å². The van der Waals surface area contributed by atoms with Gasteiger partial charge < -0.3 is 4.74 Å². The van der Waals surface area contributed by atoms with Gasteiger partial charge in [0.1, 0.15) is 11.5 Å². The Morgan fingerprint density at radius 3 is 2.71 bits per heavy atom. The van der Waals surface area contributed by atoms with E-state index in [1.54, 1.807) is 18.2 Å². The van der Waals surface area contributed by atoms with Crippen LogP contribution in [-0.2, 0) is 4.74 Å². The molecule has 1 unspecified atom stereocenters. The minimum Gasteiger partial charge on any atom is -0.356 e. The lowest BCUT2D eigenvalue weighted by Crippen LogP contribution is -2.19. The second-order valence-electron chi connectivity index (χ2n) is 5.97. The van der Waals surface area contributed by atoms with E-state index in [4.69, 9.17) is 9.84 Å². The number of hydrogen-bond acceptors (Lipinski definition) is 3. The number of hydrogen-bond donors (Lipinski definition) is 0. The second kappa shape index (κ2) is 6.06. The van der Waals surface area contributed by atoms with Crippen LogP contribution in [0.1, 0.15) is 31.1 Å². The minimum absolute atomic E-state index is 0.0941. The zero-order chi connectivity index (χ0) is 16.5.